The second-order valence-electron chi connectivity index (χ2n) is 4.76. The summed E-state index contributed by atoms with van der Waals surface area (Å²) in [5, 5.41) is 8.88. The molecule has 15 heavy (non-hydrogen) atoms. The molecule has 0 saturated carbocycles. The van der Waals surface area contributed by atoms with Gasteiger partial charge in [-0.2, -0.15) is 0 Å². The van der Waals surface area contributed by atoms with Crippen molar-refractivity contribution in [3.8, 4) is 0 Å². The summed E-state index contributed by atoms with van der Waals surface area (Å²) in [6.45, 7) is 5.89. The van der Waals surface area contributed by atoms with Crippen LogP contribution in [0.25, 0.3) is 0 Å². The summed E-state index contributed by atoms with van der Waals surface area (Å²) in [4.78, 5) is 10.8. The van der Waals surface area contributed by atoms with Gasteiger partial charge < -0.3 is 14.6 Å². The van der Waals surface area contributed by atoms with E-state index >= 15 is 0 Å². The average Bonchev–Trinajstić information content (AvgIpc) is 2.19. The molecule has 4 nitrogen and oxygen atoms in total. The average molecular weight is 216 g/mol. The Morgan fingerprint density at radius 2 is 2.07 bits per heavy atom. The first-order chi connectivity index (χ1) is 7.02. The van der Waals surface area contributed by atoms with Crippen LogP contribution in [0.5, 0.6) is 0 Å². The summed E-state index contributed by atoms with van der Waals surface area (Å²) in [6, 6.07) is 0. The van der Waals surface area contributed by atoms with Crippen LogP contribution in [0.3, 0.4) is 0 Å². The van der Waals surface area contributed by atoms with E-state index in [0.29, 0.717) is 12.5 Å². The summed E-state index contributed by atoms with van der Waals surface area (Å²) in [5.74, 6) is -0.280. The van der Waals surface area contributed by atoms with E-state index in [9.17, 15) is 4.79 Å². The van der Waals surface area contributed by atoms with Gasteiger partial charge in [-0.25, -0.2) is 0 Å². The molecule has 0 radical (unpaired) electrons. The molecular weight excluding hydrogens is 196 g/mol. The van der Waals surface area contributed by atoms with Gasteiger partial charge in [0.2, 0.25) is 0 Å². The Kier molecular flexibility index (Phi) is 4.54. The van der Waals surface area contributed by atoms with Crippen LogP contribution in [-0.2, 0) is 14.3 Å². The summed E-state index contributed by atoms with van der Waals surface area (Å²) >= 11 is 0. The Hall–Kier alpha value is -0.610. The molecule has 0 aromatic carbocycles. The Morgan fingerprint density at radius 1 is 1.47 bits per heavy atom. The molecule has 1 heterocycles. The number of ether oxygens (including phenoxy) is 2. The molecule has 0 aliphatic carbocycles. The van der Waals surface area contributed by atoms with Crippen LogP contribution in [0.1, 0.15) is 26.7 Å². The van der Waals surface area contributed by atoms with Gasteiger partial charge in [0.05, 0.1) is 12.0 Å². The standard InChI is InChI=1S/C11H20O4/c1-11(2,10(12)13)8-15-7-9-3-5-14-6-4-9/h9H,3-8H2,1-2H3,(H,12,13). The maximum atomic E-state index is 10.8. The van der Waals surface area contributed by atoms with Crippen LogP contribution >= 0.6 is 0 Å². The van der Waals surface area contributed by atoms with Crippen LogP contribution in [0.2, 0.25) is 0 Å². The second-order valence-corrected chi connectivity index (χ2v) is 4.76. The normalized spacial score (nSPS) is 19.1. The highest BCUT2D eigenvalue weighted by atomic mass is 16.5. The van der Waals surface area contributed by atoms with Crippen molar-refractivity contribution in [2.24, 2.45) is 11.3 Å². The van der Waals surface area contributed by atoms with E-state index in [1.54, 1.807) is 13.8 Å². The second kappa shape index (κ2) is 5.47. The minimum Gasteiger partial charge on any atom is -0.481 e. The Balaban J connectivity index is 2.17. The van der Waals surface area contributed by atoms with E-state index in [2.05, 4.69) is 0 Å². The van der Waals surface area contributed by atoms with E-state index in [0.717, 1.165) is 26.1 Å². The molecule has 0 spiro atoms. The maximum absolute atomic E-state index is 10.8. The fourth-order valence-corrected chi connectivity index (χ4v) is 1.46. The Labute approximate surface area is 90.6 Å². The molecule has 1 aliphatic heterocycles. The molecular formula is C11H20O4. The zero-order valence-electron chi connectivity index (χ0n) is 9.49. The van der Waals surface area contributed by atoms with Gasteiger partial charge in [0.15, 0.2) is 0 Å². The van der Waals surface area contributed by atoms with Gasteiger partial charge in [-0.1, -0.05) is 0 Å². The fourth-order valence-electron chi connectivity index (χ4n) is 1.46. The van der Waals surface area contributed by atoms with Crippen molar-refractivity contribution in [2.75, 3.05) is 26.4 Å². The highest BCUT2D eigenvalue weighted by Crippen LogP contribution is 2.19. The zero-order valence-corrected chi connectivity index (χ0v) is 9.49. The number of carbonyl (C=O) groups is 1. The van der Waals surface area contributed by atoms with Crippen molar-refractivity contribution in [1.82, 2.24) is 0 Å². The monoisotopic (exact) mass is 216 g/mol. The van der Waals surface area contributed by atoms with Crippen LogP contribution in [0, 0.1) is 11.3 Å². The molecule has 0 aromatic heterocycles. The fraction of sp³-hybridized carbons (Fsp3) is 0.909. The molecule has 88 valence electrons. The molecule has 0 amide bonds. The Morgan fingerprint density at radius 3 is 2.60 bits per heavy atom. The van der Waals surface area contributed by atoms with Gasteiger partial charge in [-0.3, -0.25) is 4.79 Å². The van der Waals surface area contributed by atoms with Crippen molar-refractivity contribution < 1.29 is 19.4 Å². The van der Waals surface area contributed by atoms with Gasteiger partial charge >= 0.3 is 5.97 Å². The number of hydrogen-bond donors (Lipinski definition) is 1. The van der Waals surface area contributed by atoms with Crippen molar-refractivity contribution in [1.29, 1.82) is 0 Å². The third-order valence-electron chi connectivity index (χ3n) is 2.74. The lowest BCUT2D eigenvalue weighted by atomic mass is 9.95. The van der Waals surface area contributed by atoms with Gasteiger partial charge in [-0.15, -0.1) is 0 Å². The van der Waals surface area contributed by atoms with E-state index in [1.165, 1.54) is 0 Å². The summed E-state index contributed by atoms with van der Waals surface area (Å²) < 4.78 is 10.7. The lowest BCUT2D eigenvalue weighted by Crippen LogP contribution is -2.31. The van der Waals surface area contributed by atoms with Gasteiger partial charge in [0.1, 0.15) is 0 Å². The third kappa shape index (κ3) is 4.18. The van der Waals surface area contributed by atoms with Gasteiger partial charge in [0.25, 0.3) is 0 Å². The number of hydrogen-bond acceptors (Lipinski definition) is 3. The molecule has 0 bridgehead atoms. The zero-order chi connectivity index (χ0) is 11.3. The first-order valence-corrected chi connectivity index (χ1v) is 5.41. The van der Waals surface area contributed by atoms with E-state index in [-0.39, 0.29) is 6.61 Å². The number of rotatable bonds is 5. The van der Waals surface area contributed by atoms with E-state index in [4.69, 9.17) is 14.6 Å². The maximum Gasteiger partial charge on any atom is 0.311 e. The van der Waals surface area contributed by atoms with Crippen LogP contribution in [0.15, 0.2) is 0 Å². The summed E-state index contributed by atoms with van der Waals surface area (Å²) in [7, 11) is 0. The molecule has 1 fully saturated rings. The summed E-state index contributed by atoms with van der Waals surface area (Å²) in [5.41, 5.74) is -0.787. The molecule has 1 N–H and O–H groups in total. The van der Waals surface area contributed by atoms with Crippen LogP contribution in [0.4, 0.5) is 0 Å². The minimum atomic E-state index is -0.811. The SMILES string of the molecule is CC(C)(COCC1CCOCC1)C(=O)O. The Bertz CT molecular complexity index is 207. The number of carboxylic acid groups (broad SMARTS) is 1. The first-order valence-electron chi connectivity index (χ1n) is 5.41. The molecule has 1 rings (SSSR count). The highest BCUT2D eigenvalue weighted by Gasteiger charge is 2.27. The minimum absolute atomic E-state index is 0.277. The van der Waals surface area contributed by atoms with Crippen LogP contribution in [-0.4, -0.2) is 37.5 Å². The van der Waals surface area contributed by atoms with Crippen molar-refractivity contribution in [3.63, 3.8) is 0 Å². The predicted molar refractivity (Wildman–Crippen MR) is 55.8 cm³/mol. The number of carboxylic acids is 1. The first kappa shape index (κ1) is 12.5. The smallest absolute Gasteiger partial charge is 0.311 e. The predicted octanol–water partition coefficient (Wildman–Crippen LogP) is 1.54. The molecule has 0 aromatic rings. The molecule has 0 unspecified atom stereocenters. The van der Waals surface area contributed by atoms with Crippen molar-refractivity contribution in [3.05, 3.63) is 0 Å². The third-order valence-corrected chi connectivity index (χ3v) is 2.74. The quantitative estimate of drug-likeness (QED) is 0.757. The van der Waals surface area contributed by atoms with E-state index in [1.807, 2.05) is 0 Å². The van der Waals surface area contributed by atoms with Gasteiger partial charge in [-0.05, 0) is 32.6 Å². The van der Waals surface area contributed by atoms with Crippen molar-refractivity contribution >= 4 is 5.97 Å². The topological polar surface area (TPSA) is 55.8 Å². The largest absolute Gasteiger partial charge is 0.481 e. The lowest BCUT2D eigenvalue weighted by Gasteiger charge is -2.24. The molecule has 1 aliphatic rings. The lowest BCUT2D eigenvalue weighted by molar-refractivity contribution is -0.150. The van der Waals surface area contributed by atoms with E-state index < -0.39 is 11.4 Å². The summed E-state index contributed by atoms with van der Waals surface area (Å²) in [6.07, 6.45) is 2.04. The molecule has 1 saturated heterocycles. The molecule has 0 atom stereocenters. The van der Waals surface area contributed by atoms with Crippen LogP contribution < -0.4 is 0 Å². The molecule has 4 heteroatoms. The van der Waals surface area contributed by atoms with Crippen molar-refractivity contribution in [2.45, 2.75) is 26.7 Å². The highest BCUT2D eigenvalue weighted by molar-refractivity contribution is 5.73. The number of aliphatic carboxylic acids is 1. The van der Waals surface area contributed by atoms with Gasteiger partial charge in [0, 0.05) is 19.8 Å².